The number of carbonyl (C=O) groups excluding carboxylic acids is 1. The van der Waals surface area contributed by atoms with Crippen molar-refractivity contribution >= 4 is 34.7 Å². The zero-order chi connectivity index (χ0) is 15.5. The zero-order valence-corrected chi connectivity index (χ0v) is 13.4. The summed E-state index contributed by atoms with van der Waals surface area (Å²) in [4.78, 5) is 14.4. The molecule has 1 amide bonds. The number of hydrogen-bond donors (Lipinski definition) is 0. The molecule has 0 aliphatic carbocycles. The van der Waals surface area contributed by atoms with E-state index in [9.17, 15) is 4.79 Å². The second-order valence-electron chi connectivity index (χ2n) is 5.22. The highest BCUT2D eigenvalue weighted by molar-refractivity contribution is 6.35. The van der Waals surface area contributed by atoms with Crippen LogP contribution in [-0.2, 0) is 0 Å². The Kier molecular flexibility index (Phi) is 4.51. The van der Waals surface area contributed by atoms with Crippen LogP contribution in [0.2, 0.25) is 10.0 Å². The minimum Gasteiger partial charge on any atom is -0.335 e. The van der Waals surface area contributed by atoms with E-state index in [1.54, 1.807) is 23.1 Å². The van der Waals surface area contributed by atoms with Crippen molar-refractivity contribution in [3.8, 4) is 0 Å². The predicted octanol–water partition coefficient (Wildman–Crippen LogP) is 4.92. The van der Waals surface area contributed by atoms with Gasteiger partial charge in [-0.15, -0.1) is 0 Å². The Balaban J connectivity index is 1.77. The van der Waals surface area contributed by atoms with Crippen LogP contribution in [0.15, 0.2) is 54.6 Å². The van der Waals surface area contributed by atoms with Gasteiger partial charge in [-0.2, -0.15) is 0 Å². The summed E-state index contributed by atoms with van der Waals surface area (Å²) in [5, 5.41) is 0.956. The van der Waals surface area contributed by atoms with Gasteiger partial charge < -0.3 is 4.90 Å². The van der Waals surface area contributed by atoms with E-state index in [1.807, 2.05) is 18.2 Å². The molecule has 1 heterocycles. The average Bonchev–Trinajstić information content (AvgIpc) is 2.57. The Morgan fingerprint density at radius 1 is 1.05 bits per heavy atom. The molecule has 0 saturated heterocycles. The molecule has 2 aromatic carbocycles. The minimum atomic E-state index is -0.0733. The first-order valence-electron chi connectivity index (χ1n) is 7.14. The van der Waals surface area contributed by atoms with Crippen LogP contribution in [0, 0.1) is 0 Å². The Hall–Kier alpha value is -1.77. The first kappa shape index (κ1) is 15.1. The van der Waals surface area contributed by atoms with Gasteiger partial charge in [0.2, 0.25) is 0 Å². The predicted molar refractivity (Wildman–Crippen MR) is 91.4 cm³/mol. The molecule has 1 aliphatic heterocycles. The molecule has 0 N–H and O–H groups in total. The fourth-order valence-electron chi connectivity index (χ4n) is 2.60. The normalized spacial score (nSPS) is 14.6. The molecule has 0 unspecified atom stereocenters. The lowest BCUT2D eigenvalue weighted by atomic mass is 9.99. The maximum absolute atomic E-state index is 12.6. The largest absolute Gasteiger partial charge is 0.335 e. The Morgan fingerprint density at radius 3 is 2.50 bits per heavy atom. The highest BCUT2D eigenvalue weighted by atomic mass is 35.5. The summed E-state index contributed by atoms with van der Waals surface area (Å²) in [6.07, 6.45) is 2.95. The van der Waals surface area contributed by atoms with Gasteiger partial charge >= 0.3 is 0 Å². The van der Waals surface area contributed by atoms with E-state index in [-0.39, 0.29) is 5.91 Å². The van der Waals surface area contributed by atoms with E-state index < -0.39 is 0 Å². The molecule has 4 heteroatoms. The van der Waals surface area contributed by atoms with E-state index >= 15 is 0 Å². The maximum Gasteiger partial charge on any atom is 0.255 e. The number of hydrogen-bond acceptors (Lipinski definition) is 1. The Labute approximate surface area is 140 Å². The average molecular weight is 332 g/mol. The van der Waals surface area contributed by atoms with Crippen LogP contribution in [0.25, 0.3) is 5.57 Å². The van der Waals surface area contributed by atoms with Gasteiger partial charge in [-0.05, 0) is 35.8 Å². The number of halogens is 2. The summed E-state index contributed by atoms with van der Waals surface area (Å²) >= 11 is 12.1. The van der Waals surface area contributed by atoms with Gasteiger partial charge in [-0.25, -0.2) is 0 Å². The monoisotopic (exact) mass is 331 g/mol. The van der Waals surface area contributed by atoms with Crippen LogP contribution < -0.4 is 0 Å². The lowest BCUT2D eigenvalue weighted by molar-refractivity contribution is 0.0773. The lowest BCUT2D eigenvalue weighted by Crippen LogP contribution is -2.34. The number of carbonyl (C=O) groups is 1. The first-order valence-corrected chi connectivity index (χ1v) is 7.89. The van der Waals surface area contributed by atoms with E-state index in [0.29, 0.717) is 28.7 Å². The minimum absolute atomic E-state index is 0.0733. The van der Waals surface area contributed by atoms with Gasteiger partial charge in [-0.3, -0.25) is 4.79 Å². The summed E-state index contributed by atoms with van der Waals surface area (Å²) in [7, 11) is 0. The molecule has 0 bridgehead atoms. The van der Waals surface area contributed by atoms with Crippen LogP contribution in [0.3, 0.4) is 0 Å². The number of nitrogens with zero attached hydrogens (tertiary/aromatic N) is 1. The standard InChI is InChI=1S/C18H15Cl2NO/c19-15-6-7-17(20)16(12-15)18(22)21-10-8-14(9-11-21)13-4-2-1-3-5-13/h1-8,12H,9-11H2. The van der Waals surface area contributed by atoms with Crippen molar-refractivity contribution in [2.75, 3.05) is 13.1 Å². The van der Waals surface area contributed by atoms with Crippen LogP contribution in [0.1, 0.15) is 22.3 Å². The number of amides is 1. The maximum atomic E-state index is 12.6. The van der Waals surface area contributed by atoms with Crippen LogP contribution in [0.5, 0.6) is 0 Å². The third kappa shape index (κ3) is 3.18. The van der Waals surface area contributed by atoms with Crippen LogP contribution in [0.4, 0.5) is 0 Å². The lowest BCUT2D eigenvalue weighted by Gasteiger charge is -2.27. The molecule has 0 radical (unpaired) electrons. The summed E-state index contributed by atoms with van der Waals surface area (Å²) in [6, 6.07) is 15.2. The Bertz CT molecular complexity index is 725. The Morgan fingerprint density at radius 2 is 1.82 bits per heavy atom. The fourth-order valence-corrected chi connectivity index (χ4v) is 2.97. The first-order chi connectivity index (χ1) is 10.6. The molecule has 0 spiro atoms. The highest BCUT2D eigenvalue weighted by Crippen LogP contribution is 2.26. The molecule has 2 aromatic rings. The number of rotatable bonds is 2. The van der Waals surface area contributed by atoms with E-state index in [0.717, 1.165) is 6.42 Å². The van der Waals surface area contributed by atoms with Crippen molar-refractivity contribution in [3.63, 3.8) is 0 Å². The quantitative estimate of drug-likeness (QED) is 0.764. The summed E-state index contributed by atoms with van der Waals surface area (Å²) in [6.45, 7) is 1.27. The van der Waals surface area contributed by atoms with Crippen molar-refractivity contribution < 1.29 is 4.79 Å². The zero-order valence-electron chi connectivity index (χ0n) is 11.9. The molecule has 0 aromatic heterocycles. The molecule has 3 rings (SSSR count). The van der Waals surface area contributed by atoms with Crippen LogP contribution in [-0.4, -0.2) is 23.9 Å². The molecule has 22 heavy (non-hydrogen) atoms. The summed E-state index contributed by atoms with van der Waals surface area (Å²) in [5.74, 6) is -0.0733. The van der Waals surface area contributed by atoms with Gasteiger partial charge in [0.15, 0.2) is 0 Å². The topological polar surface area (TPSA) is 20.3 Å². The van der Waals surface area contributed by atoms with Gasteiger partial charge in [0.25, 0.3) is 5.91 Å². The van der Waals surface area contributed by atoms with Gasteiger partial charge in [-0.1, -0.05) is 59.6 Å². The van der Waals surface area contributed by atoms with Crippen molar-refractivity contribution in [3.05, 3.63) is 75.8 Å². The molecular formula is C18H15Cl2NO. The number of benzene rings is 2. The fraction of sp³-hybridized carbons (Fsp3) is 0.167. The summed E-state index contributed by atoms with van der Waals surface area (Å²) in [5.41, 5.74) is 2.96. The molecule has 2 nitrogen and oxygen atoms in total. The SMILES string of the molecule is O=C(c1cc(Cl)ccc1Cl)N1CC=C(c2ccccc2)CC1. The van der Waals surface area contributed by atoms with E-state index in [4.69, 9.17) is 23.2 Å². The van der Waals surface area contributed by atoms with Gasteiger partial charge in [0, 0.05) is 18.1 Å². The van der Waals surface area contributed by atoms with E-state index in [2.05, 4.69) is 18.2 Å². The van der Waals surface area contributed by atoms with Crippen molar-refractivity contribution in [2.45, 2.75) is 6.42 Å². The third-order valence-electron chi connectivity index (χ3n) is 3.80. The summed E-state index contributed by atoms with van der Waals surface area (Å²) < 4.78 is 0. The highest BCUT2D eigenvalue weighted by Gasteiger charge is 2.21. The third-order valence-corrected chi connectivity index (χ3v) is 4.36. The molecule has 0 saturated carbocycles. The van der Waals surface area contributed by atoms with Crippen molar-refractivity contribution in [2.24, 2.45) is 0 Å². The van der Waals surface area contributed by atoms with Crippen molar-refractivity contribution in [1.29, 1.82) is 0 Å². The van der Waals surface area contributed by atoms with Crippen LogP contribution >= 0.6 is 23.2 Å². The molecule has 0 atom stereocenters. The molecule has 0 fully saturated rings. The van der Waals surface area contributed by atoms with Gasteiger partial charge in [0.1, 0.15) is 0 Å². The smallest absolute Gasteiger partial charge is 0.255 e. The van der Waals surface area contributed by atoms with E-state index in [1.165, 1.54) is 11.1 Å². The van der Waals surface area contributed by atoms with Gasteiger partial charge in [0.05, 0.1) is 10.6 Å². The van der Waals surface area contributed by atoms with Crippen molar-refractivity contribution in [1.82, 2.24) is 4.90 Å². The molecule has 1 aliphatic rings. The molecule has 112 valence electrons. The second kappa shape index (κ2) is 6.55. The second-order valence-corrected chi connectivity index (χ2v) is 6.06. The molecular weight excluding hydrogens is 317 g/mol.